The lowest BCUT2D eigenvalue weighted by atomic mass is 10.1. The average Bonchev–Trinajstić information content (AvgIpc) is 2.89. The predicted molar refractivity (Wildman–Crippen MR) is 103 cm³/mol. The molecule has 1 aromatic rings. The van der Waals surface area contributed by atoms with Crippen molar-refractivity contribution in [3.8, 4) is 0 Å². The number of aliphatic carboxylic acids is 1. The summed E-state index contributed by atoms with van der Waals surface area (Å²) in [7, 11) is 2.12. The second-order valence-corrected chi connectivity index (χ2v) is 6.96. The Morgan fingerprint density at radius 1 is 1.12 bits per heavy atom. The molecule has 0 saturated heterocycles. The highest BCUT2D eigenvalue weighted by molar-refractivity contribution is 5.72. The molecule has 0 aliphatic rings. The van der Waals surface area contributed by atoms with Gasteiger partial charge in [-0.2, -0.15) is 0 Å². The fraction of sp³-hybridized carbons (Fsp3) is 0.800. The third-order valence-electron chi connectivity index (χ3n) is 4.54. The zero-order valence-electron chi connectivity index (χ0n) is 16.8. The lowest BCUT2D eigenvalue weighted by Gasteiger charge is -2.02. The van der Waals surface area contributed by atoms with E-state index < -0.39 is 12.0 Å². The van der Waals surface area contributed by atoms with Crippen LogP contribution in [0, 0.1) is 6.92 Å². The minimum absolute atomic E-state index is 0.731. The van der Waals surface area contributed by atoms with Gasteiger partial charge in [-0.15, -0.1) is 0 Å². The average molecular weight is 355 g/mol. The topological polar surface area (TPSA) is 72.1 Å². The van der Waals surface area contributed by atoms with Crippen molar-refractivity contribution in [2.24, 2.45) is 12.8 Å². The Bertz CT molecular complexity index is 456. The van der Waals surface area contributed by atoms with Crippen molar-refractivity contribution < 1.29 is 14.5 Å². The van der Waals surface area contributed by atoms with Crippen LogP contribution < -0.4 is 10.3 Å². The minimum atomic E-state index is -0.963. The highest BCUT2D eigenvalue weighted by atomic mass is 16.4. The summed E-state index contributed by atoms with van der Waals surface area (Å²) < 4.78 is 4.56. The van der Waals surface area contributed by atoms with Crippen LogP contribution >= 0.6 is 0 Å². The molecule has 0 radical (unpaired) electrons. The molecule has 0 aromatic carbocycles. The molecule has 5 nitrogen and oxygen atoms in total. The van der Waals surface area contributed by atoms with Crippen molar-refractivity contribution in [3.05, 3.63) is 18.2 Å². The molecule has 0 unspecified atom stereocenters. The first-order valence-corrected chi connectivity index (χ1v) is 9.89. The van der Waals surface area contributed by atoms with Crippen LogP contribution in [0.1, 0.15) is 83.9 Å². The Morgan fingerprint density at radius 2 is 1.56 bits per heavy atom. The largest absolute Gasteiger partial charge is 0.480 e. The molecule has 1 rings (SSSR count). The van der Waals surface area contributed by atoms with Crippen LogP contribution in [0.4, 0.5) is 0 Å². The van der Waals surface area contributed by atoms with E-state index in [-0.39, 0.29) is 0 Å². The number of hydrogen-bond donors (Lipinski definition) is 2. The van der Waals surface area contributed by atoms with Crippen LogP contribution in [0.3, 0.4) is 0 Å². The fourth-order valence-electron chi connectivity index (χ4n) is 2.60. The minimum Gasteiger partial charge on any atom is -0.480 e. The Hall–Kier alpha value is -1.36. The van der Waals surface area contributed by atoms with E-state index in [2.05, 4.69) is 42.4 Å². The molecule has 0 spiro atoms. The van der Waals surface area contributed by atoms with E-state index in [1.54, 1.807) is 0 Å². The number of unbranched alkanes of at least 4 members (excludes halogenated alkanes) is 9. The molecule has 1 atom stereocenters. The zero-order valence-corrected chi connectivity index (χ0v) is 16.8. The van der Waals surface area contributed by atoms with Crippen LogP contribution in [0.2, 0.25) is 0 Å². The van der Waals surface area contributed by atoms with Crippen molar-refractivity contribution in [2.45, 2.75) is 97.6 Å². The first kappa shape index (κ1) is 23.6. The highest BCUT2D eigenvalue weighted by Crippen LogP contribution is 2.10. The fourth-order valence-corrected chi connectivity index (χ4v) is 2.60. The van der Waals surface area contributed by atoms with Crippen LogP contribution in [0.15, 0.2) is 12.4 Å². The molecule has 0 fully saturated rings. The molecule has 3 N–H and O–H groups in total. The lowest BCUT2D eigenvalue weighted by molar-refractivity contribution is -0.702. The number of nitrogens with two attached hydrogens (primary N) is 1. The number of carboxylic acids is 1. The summed E-state index contributed by atoms with van der Waals surface area (Å²) in [6.45, 7) is 7.08. The van der Waals surface area contributed by atoms with Gasteiger partial charge in [-0.05, 0) is 19.8 Å². The molecule has 0 bridgehead atoms. The Labute approximate surface area is 154 Å². The molecule has 25 heavy (non-hydrogen) atoms. The lowest BCUT2D eigenvalue weighted by Crippen LogP contribution is -2.35. The zero-order chi connectivity index (χ0) is 19.1. The maximum absolute atomic E-state index is 9.57. The monoisotopic (exact) mass is 354 g/mol. The highest BCUT2D eigenvalue weighted by Gasteiger charge is 2.07. The van der Waals surface area contributed by atoms with Gasteiger partial charge in [0, 0.05) is 6.92 Å². The Morgan fingerprint density at radius 3 is 1.92 bits per heavy atom. The first-order chi connectivity index (χ1) is 11.9. The quantitative estimate of drug-likeness (QED) is 0.441. The van der Waals surface area contributed by atoms with E-state index >= 15 is 0 Å². The molecule has 1 heterocycles. The number of aromatic nitrogens is 2. The summed E-state index contributed by atoms with van der Waals surface area (Å²) in [5.41, 5.74) is 4.84. The molecular formula is C20H40N3O2+. The van der Waals surface area contributed by atoms with Crippen molar-refractivity contribution in [1.82, 2.24) is 4.57 Å². The van der Waals surface area contributed by atoms with Crippen molar-refractivity contribution in [1.29, 1.82) is 0 Å². The van der Waals surface area contributed by atoms with Gasteiger partial charge in [0.05, 0.1) is 13.6 Å². The summed E-state index contributed by atoms with van der Waals surface area (Å²) in [6.07, 6.45) is 18.5. The van der Waals surface area contributed by atoms with E-state index in [4.69, 9.17) is 10.8 Å². The van der Waals surface area contributed by atoms with Gasteiger partial charge >= 0.3 is 5.97 Å². The smallest absolute Gasteiger partial charge is 0.320 e. The second-order valence-electron chi connectivity index (χ2n) is 6.96. The number of hydrogen-bond acceptors (Lipinski definition) is 2. The third kappa shape index (κ3) is 12.6. The standard InChI is InChI=1S/C17H33N2.C3H7NO2/c1-4-5-6-7-8-9-10-11-12-13-14-19-16-15-18(3)17(19)2;1-2(4)3(5)6/h15-16H,4-14H2,1-3H3;2H,4H2,1H3,(H,5,6)/q+1;/t;2-/m.0/s1. The van der Waals surface area contributed by atoms with Crippen molar-refractivity contribution >= 4 is 5.97 Å². The molecule has 0 aliphatic heterocycles. The second kappa shape index (κ2) is 14.9. The maximum atomic E-state index is 9.57. The van der Waals surface area contributed by atoms with Gasteiger partial charge in [0.1, 0.15) is 18.4 Å². The van der Waals surface area contributed by atoms with E-state index in [0.717, 1.165) is 0 Å². The molecule has 0 amide bonds. The van der Waals surface area contributed by atoms with Gasteiger partial charge in [0.2, 0.25) is 0 Å². The maximum Gasteiger partial charge on any atom is 0.320 e. The van der Waals surface area contributed by atoms with Gasteiger partial charge in [-0.3, -0.25) is 4.79 Å². The summed E-state index contributed by atoms with van der Waals surface area (Å²) in [4.78, 5) is 9.57. The molecule has 1 aromatic heterocycles. The number of imidazole rings is 1. The first-order valence-electron chi connectivity index (χ1n) is 9.89. The number of carboxylic acid groups (broad SMARTS) is 1. The summed E-state index contributed by atoms with van der Waals surface area (Å²) >= 11 is 0. The van der Waals surface area contributed by atoms with Crippen molar-refractivity contribution in [2.75, 3.05) is 0 Å². The van der Waals surface area contributed by atoms with Gasteiger partial charge < -0.3 is 10.8 Å². The Balaban J connectivity index is 0.000000823. The van der Waals surface area contributed by atoms with E-state index in [0.29, 0.717) is 0 Å². The number of rotatable bonds is 12. The van der Waals surface area contributed by atoms with E-state index in [1.807, 2.05) is 0 Å². The molecular weight excluding hydrogens is 314 g/mol. The molecule has 146 valence electrons. The normalized spacial score (nSPS) is 11.7. The molecule has 0 saturated carbocycles. The van der Waals surface area contributed by atoms with E-state index in [1.165, 1.54) is 83.5 Å². The summed E-state index contributed by atoms with van der Waals surface area (Å²) in [5, 5.41) is 7.87. The number of nitrogens with zero attached hydrogens (tertiary/aromatic N) is 2. The van der Waals surface area contributed by atoms with Gasteiger partial charge in [-0.25, -0.2) is 9.13 Å². The molecule has 0 aliphatic carbocycles. The van der Waals surface area contributed by atoms with E-state index in [9.17, 15) is 4.79 Å². The van der Waals surface area contributed by atoms with Crippen LogP contribution in [0.5, 0.6) is 0 Å². The Kier molecular flexibility index (Phi) is 14.1. The third-order valence-corrected chi connectivity index (χ3v) is 4.54. The predicted octanol–water partition coefficient (Wildman–Crippen LogP) is 3.96. The number of aryl methyl sites for hydroxylation is 2. The van der Waals surface area contributed by atoms with Crippen molar-refractivity contribution in [3.63, 3.8) is 0 Å². The van der Waals surface area contributed by atoms with Gasteiger partial charge in [0.15, 0.2) is 0 Å². The van der Waals surface area contributed by atoms with Crippen LogP contribution in [-0.2, 0) is 18.4 Å². The summed E-state index contributed by atoms with van der Waals surface area (Å²) in [6, 6.07) is -0.731. The number of carbonyl (C=O) groups is 1. The van der Waals surface area contributed by atoms with Gasteiger partial charge in [0.25, 0.3) is 5.82 Å². The SMILES string of the molecule is CCCCCCCCCCCC[n+]1ccn(C)c1C.C[C@H](N)C(=O)O. The van der Waals surface area contributed by atoms with Crippen LogP contribution in [0.25, 0.3) is 0 Å². The summed E-state index contributed by atoms with van der Waals surface area (Å²) in [5.74, 6) is 0.394. The van der Waals surface area contributed by atoms with Crippen LogP contribution in [-0.4, -0.2) is 21.7 Å². The van der Waals surface area contributed by atoms with Gasteiger partial charge in [-0.1, -0.05) is 58.3 Å². The molecule has 5 heteroatoms.